The molecule has 1 aromatic carbocycles. The van der Waals surface area contributed by atoms with Crippen molar-refractivity contribution in [2.75, 3.05) is 11.9 Å². The van der Waals surface area contributed by atoms with E-state index in [1.165, 1.54) is 31.4 Å². The molecule has 3 N–H and O–H groups in total. The quantitative estimate of drug-likeness (QED) is 0.617. The SMILES string of the molecule is O=C(CNC(=O)C12CC3CC(CC(C3)C1)C2)Nc1cccc(S(=O)(=O)NC2CC2)c1. The van der Waals surface area contributed by atoms with Gasteiger partial charge in [0.1, 0.15) is 0 Å². The van der Waals surface area contributed by atoms with E-state index in [9.17, 15) is 18.0 Å². The molecule has 0 radical (unpaired) electrons. The molecule has 5 aliphatic rings. The van der Waals surface area contributed by atoms with Crippen LogP contribution >= 0.6 is 0 Å². The molecule has 30 heavy (non-hydrogen) atoms. The zero-order valence-corrected chi connectivity index (χ0v) is 17.8. The summed E-state index contributed by atoms with van der Waals surface area (Å²) in [6.45, 7) is -0.0993. The molecular weight excluding hydrogens is 402 g/mol. The van der Waals surface area contributed by atoms with Gasteiger partial charge in [-0.05, 0) is 87.3 Å². The van der Waals surface area contributed by atoms with Crippen molar-refractivity contribution in [1.29, 1.82) is 0 Å². The van der Waals surface area contributed by atoms with E-state index in [0.29, 0.717) is 23.4 Å². The Morgan fingerprint density at radius 2 is 1.63 bits per heavy atom. The van der Waals surface area contributed by atoms with Gasteiger partial charge in [-0.1, -0.05) is 6.07 Å². The summed E-state index contributed by atoms with van der Waals surface area (Å²) in [6, 6.07) is 6.23. The first-order chi connectivity index (χ1) is 14.3. The lowest BCUT2D eigenvalue weighted by Gasteiger charge is -2.55. The van der Waals surface area contributed by atoms with E-state index in [1.54, 1.807) is 12.1 Å². The van der Waals surface area contributed by atoms with Crippen molar-refractivity contribution in [1.82, 2.24) is 10.0 Å². The highest BCUT2D eigenvalue weighted by atomic mass is 32.2. The molecule has 1 aromatic rings. The second-order valence-corrected chi connectivity index (χ2v) is 11.6. The zero-order chi connectivity index (χ0) is 20.9. The van der Waals surface area contributed by atoms with E-state index < -0.39 is 10.0 Å². The number of rotatable bonds is 7. The van der Waals surface area contributed by atoms with Crippen LogP contribution in [0.5, 0.6) is 0 Å². The summed E-state index contributed by atoms with van der Waals surface area (Å²) in [5.74, 6) is 1.68. The van der Waals surface area contributed by atoms with Gasteiger partial charge in [-0.3, -0.25) is 9.59 Å². The number of carbonyl (C=O) groups excluding carboxylic acids is 2. The molecule has 0 aromatic heterocycles. The maximum absolute atomic E-state index is 13.0. The molecule has 162 valence electrons. The van der Waals surface area contributed by atoms with E-state index >= 15 is 0 Å². The van der Waals surface area contributed by atoms with Crippen LogP contribution in [-0.2, 0) is 19.6 Å². The number of amides is 2. The maximum atomic E-state index is 13.0. The van der Waals surface area contributed by atoms with Gasteiger partial charge >= 0.3 is 0 Å². The zero-order valence-electron chi connectivity index (χ0n) is 17.0. The summed E-state index contributed by atoms with van der Waals surface area (Å²) in [5.41, 5.74) is 0.125. The van der Waals surface area contributed by atoms with E-state index in [0.717, 1.165) is 32.1 Å². The fourth-order valence-corrected chi connectivity index (χ4v) is 7.52. The van der Waals surface area contributed by atoms with E-state index in [1.807, 2.05) is 0 Å². The molecule has 0 spiro atoms. The van der Waals surface area contributed by atoms with Crippen LogP contribution in [0.1, 0.15) is 51.4 Å². The van der Waals surface area contributed by atoms with E-state index in [-0.39, 0.29) is 34.7 Å². The van der Waals surface area contributed by atoms with Gasteiger partial charge < -0.3 is 10.6 Å². The van der Waals surface area contributed by atoms with Gasteiger partial charge in [-0.15, -0.1) is 0 Å². The lowest BCUT2D eigenvalue weighted by Crippen LogP contribution is -2.54. The Balaban J connectivity index is 1.18. The third-order valence-electron chi connectivity index (χ3n) is 7.26. The first-order valence-electron chi connectivity index (χ1n) is 11.0. The maximum Gasteiger partial charge on any atom is 0.243 e. The van der Waals surface area contributed by atoms with Crippen molar-refractivity contribution in [3.63, 3.8) is 0 Å². The van der Waals surface area contributed by atoms with Gasteiger partial charge in [0, 0.05) is 17.1 Å². The fraction of sp³-hybridized carbons (Fsp3) is 0.636. The minimum atomic E-state index is -3.58. The summed E-state index contributed by atoms with van der Waals surface area (Å²) in [6.07, 6.45) is 8.39. The molecule has 0 atom stereocenters. The number of anilines is 1. The van der Waals surface area contributed by atoms with Gasteiger partial charge in [-0.2, -0.15) is 0 Å². The lowest BCUT2D eigenvalue weighted by atomic mass is 9.49. The summed E-state index contributed by atoms with van der Waals surface area (Å²) < 4.78 is 27.4. The highest BCUT2D eigenvalue weighted by molar-refractivity contribution is 7.89. The molecule has 0 aliphatic heterocycles. The van der Waals surface area contributed by atoms with Crippen LogP contribution in [0.3, 0.4) is 0 Å². The second-order valence-electron chi connectivity index (χ2n) is 9.85. The molecule has 2 amide bonds. The second kappa shape index (κ2) is 7.34. The highest BCUT2D eigenvalue weighted by Gasteiger charge is 2.54. The van der Waals surface area contributed by atoms with Crippen molar-refractivity contribution in [3.05, 3.63) is 24.3 Å². The molecule has 0 saturated heterocycles. The molecule has 5 fully saturated rings. The van der Waals surface area contributed by atoms with Gasteiger partial charge in [-0.25, -0.2) is 13.1 Å². The number of sulfonamides is 1. The standard InChI is InChI=1S/C22H29N3O4S/c26-20(24-18-2-1-3-19(9-18)30(28,29)25-17-4-5-17)13-23-21(27)22-10-14-6-15(11-22)8-16(7-14)12-22/h1-3,9,14-17,25H,4-8,10-13H2,(H,23,27)(H,24,26). The minimum absolute atomic E-state index is 0.0155. The predicted octanol–water partition coefficient (Wildman–Crippen LogP) is 2.40. The highest BCUT2D eigenvalue weighted by Crippen LogP contribution is 2.60. The van der Waals surface area contributed by atoms with Gasteiger partial charge in [0.2, 0.25) is 21.8 Å². The molecule has 5 saturated carbocycles. The molecule has 8 heteroatoms. The molecular formula is C22H29N3O4S. The van der Waals surface area contributed by atoms with Crippen LogP contribution in [0.25, 0.3) is 0 Å². The van der Waals surface area contributed by atoms with E-state index in [2.05, 4.69) is 15.4 Å². The van der Waals surface area contributed by atoms with Crippen LogP contribution in [-0.4, -0.2) is 32.8 Å². The lowest BCUT2D eigenvalue weighted by molar-refractivity contribution is -0.146. The van der Waals surface area contributed by atoms with Crippen LogP contribution in [0.4, 0.5) is 5.69 Å². The van der Waals surface area contributed by atoms with Crippen molar-refractivity contribution < 1.29 is 18.0 Å². The first kappa shape index (κ1) is 20.0. The average Bonchev–Trinajstić information content (AvgIpc) is 3.48. The number of nitrogens with one attached hydrogen (secondary N) is 3. The minimum Gasteiger partial charge on any atom is -0.347 e. The molecule has 5 aliphatic carbocycles. The third kappa shape index (κ3) is 3.99. The van der Waals surface area contributed by atoms with Crippen LogP contribution in [0, 0.1) is 23.2 Å². The van der Waals surface area contributed by atoms with Crippen LogP contribution in [0.15, 0.2) is 29.2 Å². The smallest absolute Gasteiger partial charge is 0.243 e. The first-order valence-corrected chi connectivity index (χ1v) is 12.5. The fourth-order valence-electron chi connectivity index (χ4n) is 6.17. The normalized spacial score (nSPS) is 32.1. The largest absolute Gasteiger partial charge is 0.347 e. The van der Waals surface area contributed by atoms with Gasteiger partial charge in [0.15, 0.2) is 0 Å². The third-order valence-corrected chi connectivity index (χ3v) is 8.77. The van der Waals surface area contributed by atoms with Crippen LogP contribution in [0.2, 0.25) is 0 Å². The summed E-state index contributed by atoms with van der Waals surface area (Å²) >= 11 is 0. The average molecular weight is 432 g/mol. The van der Waals surface area contributed by atoms with Crippen molar-refractivity contribution >= 4 is 27.5 Å². The molecule has 6 rings (SSSR count). The molecule has 0 unspecified atom stereocenters. The van der Waals surface area contributed by atoms with Crippen molar-refractivity contribution in [2.45, 2.75) is 62.3 Å². The molecule has 7 nitrogen and oxygen atoms in total. The Morgan fingerprint density at radius 1 is 1.00 bits per heavy atom. The van der Waals surface area contributed by atoms with Gasteiger partial charge in [0.25, 0.3) is 0 Å². The molecule has 4 bridgehead atoms. The van der Waals surface area contributed by atoms with Gasteiger partial charge in [0.05, 0.1) is 11.4 Å². The van der Waals surface area contributed by atoms with Crippen molar-refractivity contribution in [2.24, 2.45) is 23.2 Å². The number of hydrogen-bond donors (Lipinski definition) is 3. The summed E-state index contributed by atoms with van der Waals surface area (Å²) in [4.78, 5) is 25.5. The molecule has 0 heterocycles. The summed E-state index contributed by atoms with van der Waals surface area (Å²) in [5, 5.41) is 5.56. The number of carbonyl (C=O) groups is 2. The predicted molar refractivity (Wildman–Crippen MR) is 112 cm³/mol. The monoisotopic (exact) mass is 431 g/mol. The Labute approximate surface area is 177 Å². The number of hydrogen-bond acceptors (Lipinski definition) is 4. The van der Waals surface area contributed by atoms with Crippen molar-refractivity contribution in [3.8, 4) is 0 Å². The van der Waals surface area contributed by atoms with Crippen LogP contribution < -0.4 is 15.4 Å². The Bertz CT molecular complexity index is 935. The Kier molecular flexibility index (Phi) is 4.89. The summed E-state index contributed by atoms with van der Waals surface area (Å²) in [7, 11) is -3.58. The Morgan fingerprint density at radius 3 is 2.23 bits per heavy atom. The topological polar surface area (TPSA) is 104 Å². The number of benzene rings is 1. The Hall–Kier alpha value is -1.93. The van der Waals surface area contributed by atoms with E-state index in [4.69, 9.17) is 0 Å².